The van der Waals surface area contributed by atoms with Gasteiger partial charge in [-0.15, -0.1) is 5.10 Å². The topological polar surface area (TPSA) is 57.0 Å². The lowest BCUT2D eigenvalue weighted by Crippen LogP contribution is -2.00. The maximum atomic E-state index is 11.3. The Morgan fingerprint density at radius 1 is 1.18 bits per heavy atom. The van der Waals surface area contributed by atoms with Gasteiger partial charge in [0.25, 0.3) is 0 Å². The first-order valence-electron chi connectivity index (χ1n) is 6.54. The molecule has 0 amide bonds. The average Bonchev–Trinajstić information content (AvgIpc) is 2.99. The van der Waals surface area contributed by atoms with E-state index in [-0.39, 0.29) is 5.69 Å². The van der Waals surface area contributed by atoms with Crippen molar-refractivity contribution in [1.29, 1.82) is 0 Å². The average molecular weight is 314 g/mol. The zero-order valence-electron chi connectivity index (χ0n) is 11.7. The molecular weight excluding hydrogens is 302 g/mol. The van der Waals surface area contributed by atoms with Gasteiger partial charge in [0.15, 0.2) is 12.0 Å². The van der Waals surface area contributed by atoms with Crippen LogP contribution in [0.15, 0.2) is 48.5 Å². The van der Waals surface area contributed by atoms with Crippen molar-refractivity contribution in [3.63, 3.8) is 0 Å². The number of carbonyl (C=O) groups excluding carboxylic acids is 1. The van der Waals surface area contributed by atoms with Gasteiger partial charge in [0.05, 0.1) is 12.8 Å². The van der Waals surface area contributed by atoms with Gasteiger partial charge in [-0.2, -0.15) is 0 Å². The second-order valence-corrected chi connectivity index (χ2v) is 5.00. The third-order valence-electron chi connectivity index (χ3n) is 3.22. The van der Waals surface area contributed by atoms with E-state index in [1.807, 2.05) is 36.4 Å². The SMILES string of the molecule is COc1ccc(-n2nnc(C=O)c2-c2cccc(Cl)c2)cc1. The van der Waals surface area contributed by atoms with E-state index >= 15 is 0 Å². The maximum absolute atomic E-state index is 11.3. The Labute approximate surface area is 132 Å². The number of benzene rings is 2. The van der Waals surface area contributed by atoms with Crippen molar-refractivity contribution in [1.82, 2.24) is 15.0 Å². The van der Waals surface area contributed by atoms with Crippen molar-refractivity contribution in [3.8, 4) is 22.7 Å². The minimum Gasteiger partial charge on any atom is -0.497 e. The third kappa shape index (κ3) is 2.58. The van der Waals surface area contributed by atoms with Gasteiger partial charge >= 0.3 is 0 Å². The van der Waals surface area contributed by atoms with Crippen LogP contribution >= 0.6 is 11.6 Å². The molecule has 0 saturated carbocycles. The zero-order chi connectivity index (χ0) is 15.5. The number of halogens is 1. The van der Waals surface area contributed by atoms with Gasteiger partial charge in [0, 0.05) is 10.6 Å². The van der Waals surface area contributed by atoms with Crippen LogP contribution in [0.2, 0.25) is 5.02 Å². The van der Waals surface area contributed by atoms with Crippen LogP contribution in [-0.4, -0.2) is 28.4 Å². The highest BCUT2D eigenvalue weighted by atomic mass is 35.5. The molecule has 0 unspecified atom stereocenters. The number of nitrogens with zero attached hydrogens (tertiary/aromatic N) is 3. The number of methoxy groups -OCH3 is 1. The van der Waals surface area contributed by atoms with Gasteiger partial charge in [0.2, 0.25) is 0 Å². The molecule has 6 heteroatoms. The smallest absolute Gasteiger partial charge is 0.172 e. The highest BCUT2D eigenvalue weighted by Gasteiger charge is 2.16. The summed E-state index contributed by atoms with van der Waals surface area (Å²) in [6.07, 6.45) is 0.684. The molecule has 110 valence electrons. The van der Waals surface area contributed by atoms with Crippen LogP contribution in [0.1, 0.15) is 10.5 Å². The molecule has 0 atom stereocenters. The summed E-state index contributed by atoms with van der Waals surface area (Å²) in [6.45, 7) is 0. The molecule has 0 spiro atoms. The van der Waals surface area contributed by atoms with Gasteiger partial charge in [-0.05, 0) is 36.4 Å². The number of hydrogen-bond acceptors (Lipinski definition) is 4. The lowest BCUT2D eigenvalue weighted by molar-refractivity contribution is 0.111. The maximum Gasteiger partial charge on any atom is 0.172 e. The fourth-order valence-electron chi connectivity index (χ4n) is 2.18. The summed E-state index contributed by atoms with van der Waals surface area (Å²) in [5.41, 5.74) is 2.41. The van der Waals surface area contributed by atoms with Crippen molar-refractivity contribution in [2.45, 2.75) is 0 Å². The van der Waals surface area contributed by atoms with Crippen molar-refractivity contribution in [2.75, 3.05) is 7.11 Å². The van der Waals surface area contributed by atoms with Gasteiger partial charge in [-0.3, -0.25) is 4.79 Å². The van der Waals surface area contributed by atoms with Crippen LogP contribution in [0, 0.1) is 0 Å². The molecule has 0 fully saturated rings. The molecule has 1 aromatic heterocycles. The number of rotatable bonds is 4. The predicted molar refractivity (Wildman–Crippen MR) is 83.7 cm³/mol. The third-order valence-corrected chi connectivity index (χ3v) is 3.46. The van der Waals surface area contributed by atoms with E-state index in [2.05, 4.69) is 10.3 Å². The van der Waals surface area contributed by atoms with Crippen LogP contribution in [0.4, 0.5) is 0 Å². The number of carbonyl (C=O) groups is 1. The van der Waals surface area contributed by atoms with E-state index in [4.69, 9.17) is 16.3 Å². The van der Waals surface area contributed by atoms with Crippen molar-refractivity contribution in [3.05, 3.63) is 59.2 Å². The Bertz CT molecular complexity index is 813. The van der Waals surface area contributed by atoms with E-state index in [0.29, 0.717) is 17.0 Å². The van der Waals surface area contributed by atoms with Crippen LogP contribution in [-0.2, 0) is 0 Å². The lowest BCUT2D eigenvalue weighted by Gasteiger charge is -2.08. The van der Waals surface area contributed by atoms with Crippen LogP contribution in [0.3, 0.4) is 0 Å². The van der Waals surface area contributed by atoms with E-state index in [9.17, 15) is 4.79 Å². The largest absolute Gasteiger partial charge is 0.497 e. The summed E-state index contributed by atoms with van der Waals surface area (Å²) in [7, 11) is 1.60. The molecule has 5 nitrogen and oxygen atoms in total. The Balaban J connectivity index is 2.16. The molecule has 0 aliphatic carbocycles. The summed E-state index contributed by atoms with van der Waals surface area (Å²) in [6, 6.07) is 14.5. The molecule has 0 aliphatic rings. The Kier molecular flexibility index (Phi) is 3.89. The van der Waals surface area contributed by atoms with E-state index in [1.54, 1.807) is 23.9 Å². The van der Waals surface area contributed by atoms with Crippen molar-refractivity contribution in [2.24, 2.45) is 0 Å². The second-order valence-electron chi connectivity index (χ2n) is 4.56. The van der Waals surface area contributed by atoms with E-state index < -0.39 is 0 Å². The number of aldehydes is 1. The highest BCUT2D eigenvalue weighted by molar-refractivity contribution is 6.30. The molecule has 2 aromatic carbocycles. The van der Waals surface area contributed by atoms with Crippen molar-refractivity contribution >= 4 is 17.9 Å². The number of ether oxygens (including phenoxy) is 1. The first-order chi connectivity index (χ1) is 10.7. The summed E-state index contributed by atoms with van der Waals surface area (Å²) < 4.78 is 6.75. The normalized spacial score (nSPS) is 10.5. The highest BCUT2D eigenvalue weighted by Crippen LogP contribution is 2.27. The monoisotopic (exact) mass is 313 g/mol. The fraction of sp³-hybridized carbons (Fsp3) is 0.0625. The van der Waals surface area contributed by atoms with Crippen LogP contribution in [0.5, 0.6) is 5.75 Å². The first kappa shape index (κ1) is 14.3. The molecular formula is C16H12ClN3O2. The van der Waals surface area contributed by atoms with Gasteiger partial charge in [-0.25, -0.2) is 4.68 Å². The lowest BCUT2D eigenvalue weighted by atomic mass is 10.1. The summed E-state index contributed by atoms with van der Waals surface area (Å²) in [4.78, 5) is 11.3. The number of hydrogen-bond donors (Lipinski definition) is 0. The van der Waals surface area contributed by atoms with Gasteiger partial charge in [-0.1, -0.05) is 28.9 Å². The summed E-state index contributed by atoms with van der Waals surface area (Å²) >= 11 is 6.04. The Hall–Kier alpha value is -2.66. The molecule has 1 heterocycles. The molecule has 0 radical (unpaired) electrons. The second kappa shape index (κ2) is 5.99. The molecule has 0 N–H and O–H groups in total. The molecule has 22 heavy (non-hydrogen) atoms. The van der Waals surface area contributed by atoms with Crippen LogP contribution in [0.25, 0.3) is 16.9 Å². The minimum absolute atomic E-state index is 0.262. The fourth-order valence-corrected chi connectivity index (χ4v) is 2.37. The van der Waals surface area contributed by atoms with E-state index in [1.165, 1.54) is 0 Å². The minimum atomic E-state index is 0.262. The quantitative estimate of drug-likeness (QED) is 0.693. The Morgan fingerprint density at radius 3 is 2.59 bits per heavy atom. The van der Waals surface area contributed by atoms with E-state index in [0.717, 1.165) is 17.0 Å². The predicted octanol–water partition coefficient (Wildman–Crippen LogP) is 3.41. The summed E-state index contributed by atoms with van der Waals surface area (Å²) in [5, 5.41) is 8.58. The molecule has 3 rings (SSSR count). The Morgan fingerprint density at radius 2 is 1.95 bits per heavy atom. The van der Waals surface area contributed by atoms with Crippen molar-refractivity contribution < 1.29 is 9.53 Å². The van der Waals surface area contributed by atoms with Gasteiger partial charge < -0.3 is 4.74 Å². The van der Waals surface area contributed by atoms with Gasteiger partial charge in [0.1, 0.15) is 11.4 Å². The molecule has 0 bridgehead atoms. The first-order valence-corrected chi connectivity index (χ1v) is 6.92. The number of aromatic nitrogens is 3. The van der Waals surface area contributed by atoms with Crippen LogP contribution < -0.4 is 4.74 Å². The molecule has 0 aliphatic heterocycles. The molecule has 0 saturated heterocycles. The standard InChI is InChI=1S/C16H12ClN3O2/c1-22-14-7-5-13(6-8-14)20-16(15(10-21)18-19-20)11-3-2-4-12(17)9-11/h2-10H,1H3. The summed E-state index contributed by atoms with van der Waals surface area (Å²) in [5.74, 6) is 0.740. The molecule has 3 aromatic rings. The zero-order valence-corrected chi connectivity index (χ0v) is 12.5.